The first kappa shape index (κ1) is 20.5. The fourth-order valence-corrected chi connectivity index (χ4v) is 5.09. The maximum atomic E-state index is 12.9. The number of carbonyl (C=O) groups excluding carboxylic acids is 1. The lowest BCUT2D eigenvalue weighted by Crippen LogP contribution is -2.52. The van der Waals surface area contributed by atoms with Crippen LogP contribution in [0, 0.1) is 0 Å². The van der Waals surface area contributed by atoms with Crippen LogP contribution in [-0.4, -0.2) is 33.4 Å². The number of hydrogen-bond acceptors (Lipinski definition) is 5. The first-order valence-corrected chi connectivity index (χ1v) is 11.5. The van der Waals surface area contributed by atoms with Crippen molar-refractivity contribution in [2.75, 3.05) is 13.1 Å². The summed E-state index contributed by atoms with van der Waals surface area (Å²) in [6.45, 7) is 1.21. The zero-order valence-electron chi connectivity index (χ0n) is 17.6. The average molecular weight is 438 g/mol. The van der Waals surface area contributed by atoms with Crippen LogP contribution >= 0.6 is 11.5 Å². The van der Waals surface area contributed by atoms with E-state index in [0.29, 0.717) is 19.5 Å². The molecule has 1 aliphatic heterocycles. The molecule has 0 bridgehead atoms. The summed E-state index contributed by atoms with van der Waals surface area (Å²) in [6, 6.07) is 31.8. The Bertz CT molecular complexity index is 1110. The van der Waals surface area contributed by atoms with Crippen molar-refractivity contribution in [3.8, 4) is 0 Å². The topological polar surface area (TPSA) is 46.1 Å². The van der Waals surface area contributed by atoms with Gasteiger partial charge in [-0.15, -0.1) is 5.10 Å². The molecule has 0 spiro atoms. The maximum absolute atomic E-state index is 12.9. The highest BCUT2D eigenvalue weighted by Gasteiger charge is 2.44. The van der Waals surface area contributed by atoms with Crippen LogP contribution in [0.5, 0.6) is 0 Å². The monoisotopic (exact) mass is 437 g/mol. The first-order valence-electron chi connectivity index (χ1n) is 10.7. The number of aromatic nitrogens is 2. The first-order chi connectivity index (χ1) is 15.8. The Hall–Kier alpha value is -3.41. The summed E-state index contributed by atoms with van der Waals surface area (Å²) < 4.78 is 3.95. The summed E-state index contributed by atoms with van der Waals surface area (Å²) in [4.78, 5) is 15.3. The van der Waals surface area contributed by atoms with E-state index in [1.807, 2.05) is 29.7 Å². The molecule has 5 rings (SSSR count). The Morgan fingerprint density at radius 2 is 1.34 bits per heavy atom. The van der Waals surface area contributed by atoms with E-state index in [2.05, 4.69) is 87.3 Å². The van der Waals surface area contributed by atoms with Gasteiger partial charge in [0.15, 0.2) is 5.78 Å². The van der Waals surface area contributed by atoms with Gasteiger partial charge in [0, 0.05) is 30.5 Å². The molecule has 1 aromatic heterocycles. The lowest BCUT2D eigenvalue weighted by molar-refractivity contribution is -0.117. The summed E-state index contributed by atoms with van der Waals surface area (Å²) in [6.07, 6.45) is 2.36. The van der Waals surface area contributed by atoms with Gasteiger partial charge in [0.05, 0.1) is 11.2 Å². The molecule has 1 saturated heterocycles. The van der Waals surface area contributed by atoms with Crippen molar-refractivity contribution in [1.29, 1.82) is 0 Å². The minimum absolute atomic E-state index is 0.178. The van der Waals surface area contributed by atoms with Crippen LogP contribution in [-0.2, 0) is 10.3 Å². The molecule has 1 fully saturated rings. The van der Waals surface area contributed by atoms with Crippen molar-refractivity contribution >= 4 is 23.4 Å². The molecule has 0 amide bonds. The van der Waals surface area contributed by atoms with Crippen LogP contribution in [0.1, 0.15) is 28.8 Å². The second kappa shape index (κ2) is 8.99. The van der Waals surface area contributed by atoms with Crippen molar-refractivity contribution in [2.24, 2.45) is 0 Å². The van der Waals surface area contributed by atoms with Gasteiger partial charge < -0.3 is 0 Å². The van der Waals surface area contributed by atoms with Gasteiger partial charge in [-0.3, -0.25) is 9.69 Å². The van der Waals surface area contributed by atoms with E-state index in [4.69, 9.17) is 0 Å². The average Bonchev–Trinajstić information content (AvgIpc) is 3.37. The molecular formula is C27H23N3OS. The number of ketones is 1. The molecule has 5 heteroatoms. The Balaban J connectivity index is 1.72. The van der Waals surface area contributed by atoms with E-state index in [0.717, 1.165) is 11.3 Å². The molecule has 0 radical (unpaired) electrons. The summed E-state index contributed by atoms with van der Waals surface area (Å²) in [5.74, 6) is 0.178. The molecule has 0 N–H and O–H groups in total. The fourth-order valence-electron chi connectivity index (χ4n) is 4.68. The Morgan fingerprint density at radius 3 is 1.81 bits per heavy atom. The predicted molar refractivity (Wildman–Crippen MR) is 128 cm³/mol. The highest BCUT2D eigenvalue weighted by molar-refractivity contribution is 7.03. The Morgan fingerprint density at radius 1 is 0.812 bits per heavy atom. The Kier molecular flexibility index (Phi) is 5.75. The van der Waals surface area contributed by atoms with Crippen LogP contribution in [0.2, 0.25) is 0 Å². The van der Waals surface area contributed by atoms with Crippen molar-refractivity contribution < 1.29 is 4.79 Å². The van der Waals surface area contributed by atoms with Crippen LogP contribution < -0.4 is 0 Å². The summed E-state index contributed by atoms with van der Waals surface area (Å²) in [7, 11) is 0. The minimum atomic E-state index is -0.524. The summed E-state index contributed by atoms with van der Waals surface area (Å²) >= 11 is 1.30. The Labute approximate surface area is 192 Å². The molecule has 3 aromatic carbocycles. The predicted octanol–water partition coefficient (Wildman–Crippen LogP) is 5.19. The van der Waals surface area contributed by atoms with Crippen LogP contribution in [0.4, 0.5) is 0 Å². The highest BCUT2D eigenvalue weighted by atomic mass is 32.1. The number of hydrogen-bond donors (Lipinski definition) is 0. The quantitative estimate of drug-likeness (QED) is 0.318. The number of benzene rings is 3. The SMILES string of the molecule is O=C1CCN(C(c2ccccc2)(c2ccccc2)c2ccccc2)C/C1=C\c1csnn1. The molecular weight excluding hydrogens is 414 g/mol. The van der Waals surface area contributed by atoms with Crippen molar-refractivity contribution in [2.45, 2.75) is 12.0 Å². The lowest BCUT2D eigenvalue weighted by Gasteiger charge is -2.47. The van der Waals surface area contributed by atoms with Crippen LogP contribution in [0.15, 0.2) is 102 Å². The lowest BCUT2D eigenvalue weighted by atomic mass is 9.74. The number of piperidine rings is 1. The van der Waals surface area contributed by atoms with Crippen LogP contribution in [0.25, 0.3) is 6.08 Å². The molecule has 4 aromatic rings. The molecule has 1 aliphatic rings. The molecule has 32 heavy (non-hydrogen) atoms. The summed E-state index contributed by atoms with van der Waals surface area (Å²) in [5, 5.41) is 6.00. The normalized spacial score (nSPS) is 16.4. The summed E-state index contributed by atoms with van der Waals surface area (Å²) in [5.41, 5.74) is 4.54. The fraction of sp³-hybridized carbons (Fsp3) is 0.148. The van der Waals surface area contributed by atoms with E-state index in [1.54, 1.807) is 0 Å². The van der Waals surface area contributed by atoms with Crippen LogP contribution in [0.3, 0.4) is 0 Å². The molecule has 158 valence electrons. The second-order valence-electron chi connectivity index (χ2n) is 7.90. The van der Waals surface area contributed by atoms with E-state index in [-0.39, 0.29) is 5.78 Å². The van der Waals surface area contributed by atoms with E-state index >= 15 is 0 Å². The third kappa shape index (κ3) is 3.70. The molecule has 0 aliphatic carbocycles. The number of likely N-dealkylation sites (tertiary alicyclic amines) is 1. The van der Waals surface area contributed by atoms with Crippen molar-refractivity contribution in [3.63, 3.8) is 0 Å². The molecule has 0 unspecified atom stereocenters. The highest BCUT2D eigenvalue weighted by Crippen LogP contribution is 2.43. The van der Waals surface area contributed by atoms with Gasteiger partial charge in [0.2, 0.25) is 0 Å². The number of nitrogens with zero attached hydrogens (tertiary/aromatic N) is 3. The van der Waals surface area contributed by atoms with Gasteiger partial charge >= 0.3 is 0 Å². The van der Waals surface area contributed by atoms with E-state index in [1.165, 1.54) is 28.2 Å². The third-order valence-corrected chi connectivity index (χ3v) is 6.60. The molecule has 0 saturated carbocycles. The standard InChI is InChI=1S/C27H23N3OS/c31-26-16-17-30(19-21(26)18-25-20-32-29-28-25)27(22-10-4-1-5-11-22,23-12-6-2-7-13-23)24-14-8-3-9-15-24/h1-15,18,20H,16-17,19H2/b21-18+. The minimum Gasteiger partial charge on any atom is -0.294 e. The van der Waals surface area contributed by atoms with Gasteiger partial charge in [-0.2, -0.15) is 0 Å². The van der Waals surface area contributed by atoms with Gasteiger partial charge in [-0.05, 0) is 34.3 Å². The van der Waals surface area contributed by atoms with Gasteiger partial charge in [0.25, 0.3) is 0 Å². The number of Topliss-reactive ketones (excluding diaryl/α,β-unsaturated/α-hetero) is 1. The molecule has 4 nitrogen and oxygen atoms in total. The van der Waals surface area contributed by atoms with Gasteiger partial charge in [0.1, 0.15) is 0 Å². The second-order valence-corrected chi connectivity index (χ2v) is 8.51. The zero-order valence-corrected chi connectivity index (χ0v) is 18.4. The maximum Gasteiger partial charge on any atom is 0.161 e. The van der Waals surface area contributed by atoms with Crippen molar-refractivity contribution in [1.82, 2.24) is 14.5 Å². The van der Waals surface area contributed by atoms with E-state index < -0.39 is 5.54 Å². The smallest absolute Gasteiger partial charge is 0.161 e. The third-order valence-electron chi connectivity index (χ3n) is 6.08. The largest absolute Gasteiger partial charge is 0.294 e. The van der Waals surface area contributed by atoms with Gasteiger partial charge in [-0.1, -0.05) is 95.5 Å². The molecule has 0 atom stereocenters. The zero-order chi connectivity index (χ0) is 21.8. The van der Waals surface area contributed by atoms with Gasteiger partial charge in [-0.25, -0.2) is 0 Å². The van der Waals surface area contributed by atoms with E-state index in [9.17, 15) is 4.79 Å². The number of carbonyl (C=O) groups is 1. The van der Waals surface area contributed by atoms with Crippen molar-refractivity contribution in [3.05, 3.63) is 124 Å². The number of rotatable bonds is 5. The molecule has 2 heterocycles.